The molecule has 21 heavy (non-hydrogen) atoms. The number of amidine groups is 1. The summed E-state index contributed by atoms with van der Waals surface area (Å²) < 4.78 is 0. The quantitative estimate of drug-likeness (QED) is 0.378. The van der Waals surface area contributed by atoms with Crippen LogP contribution in [0, 0.1) is 6.92 Å². The summed E-state index contributed by atoms with van der Waals surface area (Å²) in [6.07, 6.45) is 0. The molecule has 0 bridgehead atoms. The van der Waals surface area contributed by atoms with Gasteiger partial charge >= 0.3 is 0 Å². The van der Waals surface area contributed by atoms with Crippen molar-refractivity contribution in [2.75, 3.05) is 31.1 Å². The first kappa shape index (κ1) is 15.6. The monoisotopic (exact) mass is 290 g/mol. The molecule has 0 aromatic heterocycles. The van der Waals surface area contributed by atoms with Crippen LogP contribution in [0.25, 0.3) is 0 Å². The summed E-state index contributed by atoms with van der Waals surface area (Å²) in [5.74, 6) is 0.164. The van der Waals surface area contributed by atoms with Crippen LogP contribution in [0.2, 0.25) is 0 Å². The number of rotatable bonds is 2. The minimum Gasteiger partial charge on any atom is -0.409 e. The van der Waals surface area contributed by atoms with E-state index in [9.17, 15) is 0 Å². The number of nitrogens with zero attached hydrogens (tertiary/aromatic N) is 3. The number of nitrogens with two attached hydrogens (primary N) is 1. The van der Waals surface area contributed by atoms with Crippen LogP contribution in [0.1, 0.15) is 31.9 Å². The molecule has 2 rings (SSSR count). The molecule has 1 aromatic rings. The predicted molar refractivity (Wildman–Crippen MR) is 87.2 cm³/mol. The zero-order chi connectivity index (χ0) is 15.6. The van der Waals surface area contributed by atoms with Gasteiger partial charge in [0, 0.05) is 43.0 Å². The molecule has 1 heterocycles. The normalized spacial score (nSPS) is 18.1. The van der Waals surface area contributed by atoms with Crippen LogP contribution >= 0.6 is 0 Å². The van der Waals surface area contributed by atoms with E-state index in [0.29, 0.717) is 0 Å². The Hall–Kier alpha value is -1.75. The SMILES string of the molecule is Cc1cc(N2CCN(C(C)(C)C)CC2)ccc1/C(N)=N/O. The van der Waals surface area contributed by atoms with Crippen LogP contribution in [-0.2, 0) is 0 Å². The van der Waals surface area contributed by atoms with Crippen molar-refractivity contribution in [1.82, 2.24) is 4.90 Å². The molecule has 0 spiro atoms. The number of hydrogen-bond donors (Lipinski definition) is 2. The van der Waals surface area contributed by atoms with E-state index in [4.69, 9.17) is 10.9 Å². The Balaban J connectivity index is 2.09. The first-order chi connectivity index (χ1) is 9.82. The summed E-state index contributed by atoms with van der Waals surface area (Å²) in [4.78, 5) is 4.91. The van der Waals surface area contributed by atoms with Gasteiger partial charge in [-0.25, -0.2) is 0 Å². The molecule has 0 radical (unpaired) electrons. The van der Waals surface area contributed by atoms with Gasteiger partial charge in [-0.3, -0.25) is 4.90 Å². The Morgan fingerprint density at radius 1 is 1.19 bits per heavy atom. The molecule has 3 N–H and O–H groups in total. The Labute approximate surface area is 127 Å². The van der Waals surface area contributed by atoms with Crippen molar-refractivity contribution in [3.8, 4) is 0 Å². The highest BCUT2D eigenvalue weighted by molar-refractivity contribution is 5.98. The lowest BCUT2D eigenvalue weighted by molar-refractivity contribution is 0.128. The zero-order valence-corrected chi connectivity index (χ0v) is 13.4. The molecule has 0 aliphatic carbocycles. The number of hydrogen-bond acceptors (Lipinski definition) is 4. The van der Waals surface area contributed by atoms with Crippen LogP contribution in [-0.4, -0.2) is 47.7 Å². The van der Waals surface area contributed by atoms with E-state index in [0.717, 1.165) is 37.3 Å². The molecule has 1 saturated heterocycles. The van der Waals surface area contributed by atoms with Crippen molar-refractivity contribution < 1.29 is 5.21 Å². The van der Waals surface area contributed by atoms with Crippen LogP contribution in [0.3, 0.4) is 0 Å². The maximum absolute atomic E-state index is 8.78. The second-order valence-corrected chi connectivity index (χ2v) is 6.63. The van der Waals surface area contributed by atoms with Crippen molar-refractivity contribution >= 4 is 11.5 Å². The lowest BCUT2D eigenvalue weighted by Crippen LogP contribution is -2.53. The van der Waals surface area contributed by atoms with E-state index in [1.165, 1.54) is 5.69 Å². The molecule has 0 amide bonds. The number of anilines is 1. The first-order valence-corrected chi connectivity index (χ1v) is 7.41. The highest BCUT2D eigenvalue weighted by Gasteiger charge is 2.25. The van der Waals surface area contributed by atoms with E-state index in [-0.39, 0.29) is 11.4 Å². The van der Waals surface area contributed by atoms with Gasteiger partial charge in [-0.2, -0.15) is 0 Å². The predicted octanol–water partition coefficient (Wildman–Crippen LogP) is 2.01. The van der Waals surface area contributed by atoms with Crippen LogP contribution in [0.5, 0.6) is 0 Å². The van der Waals surface area contributed by atoms with Crippen molar-refractivity contribution in [1.29, 1.82) is 0 Å². The van der Waals surface area contributed by atoms with Gasteiger partial charge in [-0.15, -0.1) is 0 Å². The fraction of sp³-hybridized carbons (Fsp3) is 0.562. The van der Waals surface area contributed by atoms with Crippen LogP contribution in [0.4, 0.5) is 5.69 Å². The Morgan fingerprint density at radius 3 is 2.29 bits per heavy atom. The largest absolute Gasteiger partial charge is 0.409 e. The zero-order valence-electron chi connectivity index (χ0n) is 13.4. The minimum absolute atomic E-state index is 0.164. The van der Waals surface area contributed by atoms with Crippen molar-refractivity contribution in [2.45, 2.75) is 33.2 Å². The number of oxime groups is 1. The van der Waals surface area contributed by atoms with E-state index >= 15 is 0 Å². The lowest BCUT2D eigenvalue weighted by atomic mass is 10.0. The van der Waals surface area contributed by atoms with Gasteiger partial charge in [0.1, 0.15) is 0 Å². The third kappa shape index (κ3) is 3.47. The van der Waals surface area contributed by atoms with Crippen molar-refractivity contribution in [2.24, 2.45) is 10.9 Å². The Kier molecular flexibility index (Phi) is 4.42. The van der Waals surface area contributed by atoms with Gasteiger partial charge in [0.25, 0.3) is 0 Å². The maximum atomic E-state index is 8.78. The summed E-state index contributed by atoms with van der Waals surface area (Å²) in [5, 5.41) is 11.9. The molecule has 0 unspecified atom stereocenters. The van der Waals surface area contributed by atoms with E-state index < -0.39 is 0 Å². The standard InChI is InChI=1S/C16H26N4O/c1-12-11-13(5-6-14(12)15(17)18-21)19-7-9-20(10-8-19)16(2,3)4/h5-6,11,21H,7-10H2,1-4H3,(H2,17,18). The van der Waals surface area contributed by atoms with Gasteiger partial charge in [0.15, 0.2) is 5.84 Å². The second kappa shape index (κ2) is 5.93. The van der Waals surface area contributed by atoms with Crippen molar-refractivity contribution in [3.63, 3.8) is 0 Å². The first-order valence-electron chi connectivity index (χ1n) is 7.41. The third-order valence-electron chi connectivity index (χ3n) is 4.19. The number of benzene rings is 1. The average molecular weight is 290 g/mol. The summed E-state index contributed by atoms with van der Waals surface area (Å²) >= 11 is 0. The topological polar surface area (TPSA) is 65.1 Å². The second-order valence-electron chi connectivity index (χ2n) is 6.63. The van der Waals surface area contributed by atoms with Crippen molar-refractivity contribution in [3.05, 3.63) is 29.3 Å². The average Bonchev–Trinajstić information content (AvgIpc) is 2.45. The summed E-state index contributed by atoms with van der Waals surface area (Å²) in [6, 6.07) is 6.09. The molecule has 5 nitrogen and oxygen atoms in total. The fourth-order valence-corrected chi connectivity index (χ4v) is 2.82. The number of piperazine rings is 1. The molecule has 116 valence electrons. The Morgan fingerprint density at radius 2 is 1.81 bits per heavy atom. The van der Waals surface area contributed by atoms with Gasteiger partial charge in [0.05, 0.1) is 0 Å². The Bertz CT molecular complexity index is 526. The number of aryl methyl sites for hydroxylation is 1. The fourth-order valence-electron chi connectivity index (χ4n) is 2.82. The highest BCUT2D eigenvalue weighted by Crippen LogP contribution is 2.23. The maximum Gasteiger partial charge on any atom is 0.170 e. The molecule has 5 heteroatoms. The summed E-state index contributed by atoms with van der Waals surface area (Å²) in [7, 11) is 0. The van der Waals surface area contributed by atoms with Gasteiger partial charge in [-0.1, -0.05) is 5.16 Å². The van der Waals surface area contributed by atoms with E-state index in [1.807, 2.05) is 19.1 Å². The smallest absolute Gasteiger partial charge is 0.170 e. The van der Waals surface area contributed by atoms with Crippen LogP contribution < -0.4 is 10.6 Å². The summed E-state index contributed by atoms with van der Waals surface area (Å²) in [5.41, 5.74) is 8.92. The summed E-state index contributed by atoms with van der Waals surface area (Å²) in [6.45, 7) is 13.0. The molecular formula is C16H26N4O. The molecule has 1 fully saturated rings. The molecular weight excluding hydrogens is 264 g/mol. The van der Waals surface area contributed by atoms with Crippen LogP contribution in [0.15, 0.2) is 23.4 Å². The third-order valence-corrected chi connectivity index (χ3v) is 4.19. The molecule has 1 aliphatic rings. The lowest BCUT2D eigenvalue weighted by Gasteiger charge is -2.43. The van der Waals surface area contributed by atoms with Gasteiger partial charge in [-0.05, 0) is 51.5 Å². The molecule has 1 aromatic carbocycles. The highest BCUT2D eigenvalue weighted by atomic mass is 16.4. The van der Waals surface area contributed by atoms with Gasteiger partial charge < -0.3 is 15.8 Å². The molecule has 1 aliphatic heterocycles. The molecule has 0 atom stereocenters. The molecule has 0 saturated carbocycles. The van der Waals surface area contributed by atoms with E-state index in [2.05, 4.69) is 41.8 Å². The van der Waals surface area contributed by atoms with Gasteiger partial charge in [0.2, 0.25) is 0 Å². The van der Waals surface area contributed by atoms with E-state index in [1.54, 1.807) is 0 Å². The minimum atomic E-state index is 0.164.